The van der Waals surface area contributed by atoms with Gasteiger partial charge in [0, 0.05) is 20.1 Å². The van der Waals surface area contributed by atoms with Crippen molar-refractivity contribution in [1.29, 1.82) is 0 Å². The quantitative estimate of drug-likeness (QED) is 0.654. The molecule has 0 aliphatic carbocycles. The lowest BCUT2D eigenvalue weighted by molar-refractivity contribution is -0.123. The number of carbonyl (C=O) groups is 3. The van der Waals surface area contributed by atoms with E-state index in [4.69, 9.17) is 9.47 Å². The molecule has 1 aromatic carbocycles. The van der Waals surface area contributed by atoms with Crippen LogP contribution in [0.2, 0.25) is 0 Å². The van der Waals surface area contributed by atoms with Crippen LogP contribution in [0.5, 0.6) is 0 Å². The van der Waals surface area contributed by atoms with Crippen molar-refractivity contribution >= 4 is 27.9 Å². The number of morpholine rings is 1. The smallest absolute Gasteiger partial charge is 0.338 e. The molecule has 1 saturated heterocycles. The maximum atomic E-state index is 12.9. The molecule has 0 unspecified atom stereocenters. The molecular weight excluding hydrogens is 390 g/mol. The minimum atomic E-state index is -3.82. The number of hydrogen-bond donors (Lipinski definition) is 2. The van der Waals surface area contributed by atoms with Crippen LogP contribution in [0.4, 0.5) is 4.79 Å². The summed E-state index contributed by atoms with van der Waals surface area (Å²) in [6.07, 6.45) is -0.490. The summed E-state index contributed by atoms with van der Waals surface area (Å²) in [5.74, 6) is -1.69. The van der Waals surface area contributed by atoms with Crippen LogP contribution >= 0.6 is 0 Å². The molecule has 0 spiro atoms. The molecule has 1 fully saturated rings. The van der Waals surface area contributed by atoms with Gasteiger partial charge in [-0.25, -0.2) is 18.0 Å². The maximum absolute atomic E-state index is 12.9. The molecule has 0 aromatic heterocycles. The Labute approximate surface area is 163 Å². The average molecular weight is 413 g/mol. The van der Waals surface area contributed by atoms with Crippen molar-refractivity contribution in [3.8, 4) is 0 Å². The molecule has 1 heterocycles. The van der Waals surface area contributed by atoms with E-state index in [2.05, 4.69) is 5.32 Å². The first-order valence-electron chi connectivity index (χ1n) is 8.58. The monoisotopic (exact) mass is 413 g/mol. The van der Waals surface area contributed by atoms with Gasteiger partial charge in [0.1, 0.15) is 0 Å². The Morgan fingerprint density at radius 3 is 2.46 bits per heavy atom. The van der Waals surface area contributed by atoms with Gasteiger partial charge in [-0.1, -0.05) is 6.07 Å². The topological polar surface area (TPSA) is 131 Å². The van der Waals surface area contributed by atoms with Crippen molar-refractivity contribution < 1.29 is 32.3 Å². The van der Waals surface area contributed by atoms with Gasteiger partial charge in [0.15, 0.2) is 6.61 Å². The van der Waals surface area contributed by atoms with Gasteiger partial charge in [0.25, 0.3) is 5.91 Å². The van der Waals surface area contributed by atoms with Gasteiger partial charge in [0.2, 0.25) is 10.0 Å². The third kappa shape index (κ3) is 5.50. The number of ether oxygens (including phenoxy) is 2. The molecule has 1 aliphatic heterocycles. The van der Waals surface area contributed by atoms with Crippen molar-refractivity contribution in [2.45, 2.75) is 31.0 Å². The third-order valence-corrected chi connectivity index (χ3v) is 5.74. The van der Waals surface area contributed by atoms with Gasteiger partial charge >= 0.3 is 12.0 Å². The van der Waals surface area contributed by atoms with E-state index in [0.717, 1.165) is 0 Å². The predicted octanol–water partition coefficient (Wildman–Crippen LogP) is 0.0969. The molecule has 3 amide bonds. The van der Waals surface area contributed by atoms with Gasteiger partial charge in [-0.2, -0.15) is 4.31 Å². The van der Waals surface area contributed by atoms with Gasteiger partial charge < -0.3 is 14.8 Å². The fourth-order valence-electron chi connectivity index (χ4n) is 2.70. The van der Waals surface area contributed by atoms with Gasteiger partial charge in [-0.15, -0.1) is 0 Å². The molecule has 1 aromatic rings. The number of urea groups is 1. The van der Waals surface area contributed by atoms with Crippen LogP contribution in [0.1, 0.15) is 24.2 Å². The number of amides is 3. The second-order valence-electron chi connectivity index (χ2n) is 6.31. The molecule has 0 bridgehead atoms. The highest BCUT2D eigenvalue weighted by molar-refractivity contribution is 7.89. The minimum absolute atomic E-state index is 0.0248. The number of nitrogens with one attached hydrogen (secondary N) is 2. The molecule has 2 N–H and O–H groups in total. The lowest BCUT2D eigenvalue weighted by Gasteiger charge is -2.34. The van der Waals surface area contributed by atoms with E-state index in [1.165, 1.54) is 35.6 Å². The highest BCUT2D eigenvalue weighted by Crippen LogP contribution is 2.22. The van der Waals surface area contributed by atoms with Crippen molar-refractivity contribution in [2.24, 2.45) is 0 Å². The SMILES string of the molecule is CNC(=O)NC(=O)COC(=O)c1cccc(S(=O)(=O)N2C[C@H](C)O[C@@H](C)C2)c1. The number of esters is 1. The Hall–Kier alpha value is -2.50. The van der Waals surface area contributed by atoms with Crippen LogP contribution in [0.3, 0.4) is 0 Å². The van der Waals surface area contributed by atoms with Gasteiger partial charge in [-0.05, 0) is 32.0 Å². The number of hydrogen-bond acceptors (Lipinski definition) is 7. The van der Waals surface area contributed by atoms with Crippen molar-refractivity contribution in [2.75, 3.05) is 26.7 Å². The summed E-state index contributed by atoms with van der Waals surface area (Å²) in [6.45, 7) is 3.31. The van der Waals surface area contributed by atoms with Gasteiger partial charge in [-0.3, -0.25) is 10.1 Å². The van der Waals surface area contributed by atoms with E-state index >= 15 is 0 Å². The Balaban J connectivity index is 2.09. The van der Waals surface area contributed by atoms with Gasteiger partial charge in [0.05, 0.1) is 22.7 Å². The molecule has 1 aliphatic rings. The van der Waals surface area contributed by atoms with Crippen LogP contribution in [0, 0.1) is 0 Å². The largest absolute Gasteiger partial charge is 0.452 e. The summed E-state index contributed by atoms with van der Waals surface area (Å²) >= 11 is 0. The van der Waals surface area contributed by atoms with Crippen molar-refractivity contribution in [3.05, 3.63) is 29.8 Å². The second-order valence-corrected chi connectivity index (χ2v) is 8.25. The Morgan fingerprint density at radius 1 is 1.21 bits per heavy atom. The minimum Gasteiger partial charge on any atom is -0.452 e. The van der Waals surface area contributed by atoms with Crippen molar-refractivity contribution in [1.82, 2.24) is 14.9 Å². The summed E-state index contributed by atoms with van der Waals surface area (Å²) in [5, 5.41) is 4.13. The Kier molecular flexibility index (Phi) is 7.11. The van der Waals surface area contributed by atoms with E-state index in [-0.39, 0.29) is 35.8 Å². The highest BCUT2D eigenvalue weighted by Gasteiger charge is 2.32. The molecule has 154 valence electrons. The van der Waals surface area contributed by atoms with E-state index in [0.29, 0.717) is 0 Å². The number of rotatable bonds is 5. The summed E-state index contributed by atoms with van der Waals surface area (Å²) in [7, 11) is -2.49. The Bertz CT molecular complexity index is 846. The molecular formula is C17H23N3O7S. The molecule has 10 nitrogen and oxygen atoms in total. The van der Waals surface area contributed by atoms with Crippen LogP contribution in [-0.2, 0) is 24.3 Å². The molecule has 0 saturated carbocycles. The third-order valence-electron chi connectivity index (χ3n) is 3.91. The number of sulfonamides is 1. The van der Waals surface area contributed by atoms with E-state index in [1.807, 2.05) is 5.32 Å². The van der Waals surface area contributed by atoms with Crippen LogP contribution in [0.25, 0.3) is 0 Å². The maximum Gasteiger partial charge on any atom is 0.338 e. The zero-order valence-corrected chi connectivity index (χ0v) is 16.6. The summed E-state index contributed by atoms with van der Waals surface area (Å²) < 4.78 is 37.5. The van der Waals surface area contributed by atoms with Crippen LogP contribution in [0.15, 0.2) is 29.2 Å². The molecule has 0 radical (unpaired) electrons. The Morgan fingerprint density at radius 2 is 1.86 bits per heavy atom. The zero-order chi connectivity index (χ0) is 20.9. The fraction of sp³-hybridized carbons (Fsp3) is 0.471. The second kappa shape index (κ2) is 9.13. The van der Waals surface area contributed by atoms with Crippen LogP contribution in [-0.4, -0.2) is 69.6 Å². The highest BCUT2D eigenvalue weighted by atomic mass is 32.2. The number of benzene rings is 1. The number of carbonyl (C=O) groups excluding carboxylic acids is 3. The van der Waals surface area contributed by atoms with E-state index in [9.17, 15) is 22.8 Å². The first-order valence-corrected chi connectivity index (χ1v) is 10.0. The standard InChI is InChI=1S/C17H23N3O7S/c1-11-8-20(9-12(2)27-11)28(24,25)14-6-4-5-13(7-14)16(22)26-10-15(21)19-17(23)18-3/h4-7,11-12H,8-10H2,1-3H3,(H2,18,19,21,23)/t11-,12-/m0/s1. The first-order chi connectivity index (χ1) is 13.1. The normalized spacial score (nSPS) is 20.2. The lowest BCUT2D eigenvalue weighted by atomic mass is 10.2. The summed E-state index contributed by atoms with van der Waals surface area (Å²) in [6, 6.07) is 4.64. The zero-order valence-electron chi connectivity index (χ0n) is 15.8. The van der Waals surface area contributed by atoms with E-state index < -0.39 is 34.5 Å². The van der Waals surface area contributed by atoms with Crippen molar-refractivity contribution in [3.63, 3.8) is 0 Å². The molecule has 28 heavy (non-hydrogen) atoms. The number of imide groups is 1. The number of nitrogens with zero attached hydrogens (tertiary/aromatic N) is 1. The molecule has 11 heteroatoms. The molecule has 2 atom stereocenters. The van der Waals surface area contributed by atoms with Crippen LogP contribution < -0.4 is 10.6 Å². The summed E-state index contributed by atoms with van der Waals surface area (Å²) in [5.41, 5.74) is -0.0248. The predicted molar refractivity (Wildman–Crippen MR) is 98.1 cm³/mol. The lowest BCUT2D eigenvalue weighted by Crippen LogP contribution is -2.48. The fourth-order valence-corrected chi connectivity index (χ4v) is 4.34. The average Bonchev–Trinajstić information content (AvgIpc) is 2.65. The summed E-state index contributed by atoms with van der Waals surface area (Å²) in [4.78, 5) is 34.6. The first kappa shape index (κ1) is 21.8. The van der Waals surface area contributed by atoms with E-state index in [1.54, 1.807) is 13.8 Å². The molecule has 2 rings (SSSR count).